The van der Waals surface area contributed by atoms with Crippen LogP contribution in [0, 0.1) is 0 Å². The van der Waals surface area contributed by atoms with Gasteiger partial charge in [-0.1, -0.05) is 49.4 Å². The lowest BCUT2D eigenvalue weighted by Crippen LogP contribution is -2.01. The van der Waals surface area contributed by atoms with Crippen molar-refractivity contribution in [3.05, 3.63) is 65.7 Å². The molecule has 0 aliphatic carbocycles. The highest BCUT2D eigenvalue weighted by atomic mass is 16.5. The molecule has 0 aliphatic heterocycles. The molecule has 0 spiro atoms. The van der Waals surface area contributed by atoms with Gasteiger partial charge in [0.15, 0.2) is 0 Å². The molecule has 2 aromatic carbocycles. The number of ether oxygens (including phenoxy) is 1. The molecule has 2 heteroatoms. The van der Waals surface area contributed by atoms with Crippen molar-refractivity contribution in [1.29, 1.82) is 0 Å². The van der Waals surface area contributed by atoms with E-state index in [-0.39, 0.29) is 0 Å². The third-order valence-corrected chi connectivity index (χ3v) is 3.26. The van der Waals surface area contributed by atoms with Gasteiger partial charge in [0.1, 0.15) is 5.75 Å². The summed E-state index contributed by atoms with van der Waals surface area (Å²) in [4.78, 5) is 0. The molecule has 0 fully saturated rings. The van der Waals surface area contributed by atoms with Crippen molar-refractivity contribution in [2.45, 2.75) is 32.3 Å². The summed E-state index contributed by atoms with van der Waals surface area (Å²) >= 11 is 0. The predicted octanol–water partition coefficient (Wildman–Crippen LogP) is 4.14. The first-order chi connectivity index (χ1) is 9.79. The Morgan fingerprint density at radius 3 is 2.60 bits per heavy atom. The van der Waals surface area contributed by atoms with E-state index in [1.807, 2.05) is 42.5 Å². The third-order valence-electron chi connectivity index (χ3n) is 3.26. The van der Waals surface area contributed by atoms with Crippen LogP contribution in [0.3, 0.4) is 0 Å². The maximum absolute atomic E-state index is 10.3. The fourth-order valence-electron chi connectivity index (χ4n) is 2.15. The van der Waals surface area contributed by atoms with Crippen LogP contribution in [-0.4, -0.2) is 11.7 Å². The fourth-order valence-corrected chi connectivity index (χ4v) is 2.15. The molecule has 1 atom stereocenters. The zero-order valence-corrected chi connectivity index (χ0v) is 12.0. The second kappa shape index (κ2) is 7.71. The Morgan fingerprint density at radius 1 is 1.05 bits per heavy atom. The van der Waals surface area contributed by atoms with Gasteiger partial charge in [0.25, 0.3) is 0 Å². The third kappa shape index (κ3) is 4.39. The summed E-state index contributed by atoms with van der Waals surface area (Å²) in [7, 11) is 0. The molecule has 0 heterocycles. The molecule has 0 bridgehead atoms. The molecule has 0 aromatic heterocycles. The van der Waals surface area contributed by atoms with Gasteiger partial charge in [-0.15, -0.1) is 0 Å². The topological polar surface area (TPSA) is 29.5 Å². The summed E-state index contributed by atoms with van der Waals surface area (Å²) < 4.78 is 5.60. The van der Waals surface area contributed by atoms with Gasteiger partial charge < -0.3 is 9.84 Å². The lowest BCUT2D eigenvalue weighted by Gasteiger charge is -2.13. The van der Waals surface area contributed by atoms with E-state index in [9.17, 15) is 5.11 Å². The van der Waals surface area contributed by atoms with Gasteiger partial charge in [0.05, 0.1) is 12.7 Å². The maximum Gasteiger partial charge on any atom is 0.119 e. The van der Waals surface area contributed by atoms with Crippen LogP contribution in [0.5, 0.6) is 5.75 Å². The van der Waals surface area contributed by atoms with Gasteiger partial charge in [-0.05, 0) is 42.5 Å². The lowest BCUT2D eigenvalue weighted by atomic mass is 10.0. The molecule has 0 aliphatic rings. The number of rotatable bonds is 7. The SMILES string of the molecule is CCCOc1cccc(C(O)CCc2ccccc2)c1. The second-order valence-corrected chi connectivity index (χ2v) is 4.96. The molecular formula is C18H22O2. The molecule has 1 N–H and O–H groups in total. The van der Waals surface area contributed by atoms with E-state index >= 15 is 0 Å². The first-order valence-electron chi connectivity index (χ1n) is 7.24. The predicted molar refractivity (Wildman–Crippen MR) is 82.0 cm³/mol. The highest BCUT2D eigenvalue weighted by Crippen LogP contribution is 2.23. The molecule has 106 valence electrons. The standard InChI is InChI=1S/C18H22O2/c1-2-13-20-17-10-6-9-16(14-17)18(19)12-11-15-7-4-3-5-8-15/h3-10,14,18-19H,2,11-13H2,1H3. The average molecular weight is 270 g/mol. The molecule has 0 saturated heterocycles. The largest absolute Gasteiger partial charge is 0.494 e. The van der Waals surface area contributed by atoms with Crippen molar-refractivity contribution < 1.29 is 9.84 Å². The molecule has 2 nitrogen and oxygen atoms in total. The summed E-state index contributed by atoms with van der Waals surface area (Å²) in [6.07, 6.45) is 2.14. The molecule has 2 aromatic rings. The lowest BCUT2D eigenvalue weighted by molar-refractivity contribution is 0.167. The van der Waals surface area contributed by atoms with Crippen molar-refractivity contribution in [2.75, 3.05) is 6.61 Å². The van der Waals surface area contributed by atoms with Crippen LogP contribution >= 0.6 is 0 Å². The van der Waals surface area contributed by atoms with E-state index in [4.69, 9.17) is 4.74 Å². The normalized spacial score (nSPS) is 12.1. The van der Waals surface area contributed by atoms with E-state index in [1.54, 1.807) is 0 Å². The van der Waals surface area contributed by atoms with E-state index in [2.05, 4.69) is 19.1 Å². The van der Waals surface area contributed by atoms with Crippen LogP contribution in [0.4, 0.5) is 0 Å². The summed E-state index contributed by atoms with van der Waals surface area (Å²) in [5.74, 6) is 0.836. The van der Waals surface area contributed by atoms with Gasteiger partial charge in [-0.2, -0.15) is 0 Å². The zero-order valence-electron chi connectivity index (χ0n) is 12.0. The number of aliphatic hydroxyl groups is 1. The summed E-state index contributed by atoms with van der Waals surface area (Å²) in [5, 5.41) is 10.3. The number of benzene rings is 2. The minimum Gasteiger partial charge on any atom is -0.494 e. The van der Waals surface area contributed by atoms with E-state index in [0.717, 1.165) is 30.6 Å². The molecular weight excluding hydrogens is 248 g/mol. The van der Waals surface area contributed by atoms with Crippen LogP contribution in [0.25, 0.3) is 0 Å². The Morgan fingerprint density at radius 2 is 1.85 bits per heavy atom. The number of aryl methyl sites for hydroxylation is 1. The molecule has 0 radical (unpaired) electrons. The minimum atomic E-state index is -0.444. The van der Waals surface area contributed by atoms with Crippen LogP contribution in [0.2, 0.25) is 0 Å². The van der Waals surface area contributed by atoms with Gasteiger partial charge in [0.2, 0.25) is 0 Å². The van der Waals surface area contributed by atoms with Crippen LogP contribution in [-0.2, 0) is 6.42 Å². The number of hydrogen-bond acceptors (Lipinski definition) is 2. The van der Waals surface area contributed by atoms with Crippen LogP contribution in [0.15, 0.2) is 54.6 Å². The van der Waals surface area contributed by atoms with Crippen LogP contribution in [0.1, 0.15) is 37.0 Å². The van der Waals surface area contributed by atoms with Gasteiger partial charge in [-0.3, -0.25) is 0 Å². The van der Waals surface area contributed by atoms with Gasteiger partial charge >= 0.3 is 0 Å². The first-order valence-corrected chi connectivity index (χ1v) is 7.24. The summed E-state index contributed by atoms with van der Waals surface area (Å²) in [6.45, 7) is 2.79. The first kappa shape index (κ1) is 14.6. The smallest absolute Gasteiger partial charge is 0.119 e. The Kier molecular flexibility index (Phi) is 5.63. The van der Waals surface area contributed by atoms with E-state index < -0.39 is 6.10 Å². The van der Waals surface area contributed by atoms with Crippen LogP contribution < -0.4 is 4.74 Å². The second-order valence-electron chi connectivity index (χ2n) is 4.96. The minimum absolute atomic E-state index is 0.444. The Balaban J connectivity index is 1.93. The molecule has 0 saturated carbocycles. The van der Waals surface area contributed by atoms with Crippen molar-refractivity contribution in [1.82, 2.24) is 0 Å². The van der Waals surface area contributed by atoms with E-state index in [0.29, 0.717) is 6.61 Å². The number of hydrogen-bond donors (Lipinski definition) is 1. The molecule has 2 rings (SSSR count). The Bertz CT molecular complexity index is 508. The van der Waals surface area contributed by atoms with Crippen molar-refractivity contribution in [3.8, 4) is 5.75 Å². The summed E-state index contributed by atoms with van der Waals surface area (Å²) in [5.41, 5.74) is 2.18. The van der Waals surface area contributed by atoms with Crippen molar-refractivity contribution in [2.24, 2.45) is 0 Å². The monoisotopic (exact) mass is 270 g/mol. The van der Waals surface area contributed by atoms with Crippen molar-refractivity contribution >= 4 is 0 Å². The van der Waals surface area contributed by atoms with Gasteiger partial charge in [-0.25, -0.2) is 0 Å². The quantitative estimate of drug-likeness (QED) is 0.819. The molecule has 1 unspecified atom stereocenters. The molecule has 0 amide bonds. The molecule has 20 heavy (non-hydrogen) atoms. The Hall–Kier alpha value is -1.80. The highest BCUT2D eigenvalue weighted by Gasteiger charge is 2.08. The van der Waals surface area contributed by atoms with E-state index in [1.165, 1.54) is 5.56 Å². The average Bonchev–Trinajstić information content (AvgIpc) is 2.52. The highest BCUT2D eigenvalue weighted by molar-refractivity contribution is 5.30. The number of aliphatic hydroxyl groups excluding tert-OH is 1. The van der Waals surface area contributed by atoms with Crippen molar-refractivity contribution in [3.63, 3.8) is 0 Å². The zero-order chi connectivity index (χ0) is 14.2. The fraction of sp³-hybridized carbons (Fsp3) is 0.333. The Labute approximate surface area is 121 Å². The summed E-state index contributed by atoms with van der Waals surface area (Å²) in [6, 6.07) is 18.0. The maximum atomic E-state index is 10.3. The van der Waals surface area contributed by atoms with Gasteiger partial charge in [0, 0.05) is 0 Å².